The summed E-state index contributed by atoms with van der Waals surface area (Å²) < 4.78 is 10.4. The molecule has 164 valence electrons. The Labute approximate surface area is 199 Å². The van der Waals surface area contributed by atoms with Crippen LogP contribution in [0.25, 0.3) is 0 Å². The van der Waals surface area contributed by atoms with Crippen LogP contribution in [0.5, 0.6) is 11.5 Å². The van der Waals surface area contributed by atoms with Crippen LogP contribution in [-0.2, 0) is 16.0 Å². The van der Waals surface area contributed by atoms with Crippen molar-refractivity contribution < 1.29 is 19.1 Å². The lowest BCUT2D eigenvalue weighted by atomic mass is 10.1. The Hall–Kier alpha value is -4.04. The summed E-state index contributed by atoms with van der Waals surface area (Å²) in [5.41, 5.74) is 1.75. The van der Waals surface area contributed by atoms with E-state index in [1.807, 2.05) is 12.1 Å². The van der Waals surface area contributed by atoms with Gasteiger partial charge < -0.3 is 14.8 Å². The lowest BCUT2D eigenvalue weighted by molar-refractivity contribution is -0.115. The Morgan fingerprint density at radius 2 is 1.64 bits per heavy atom. The summed E-state index contributed by atoms with van der Waals surface area (Å²) in [6, 6.07) is 17.6. The largest absolute Gasteiger partial charge is 0.465 e. The number of rotatable bonds is 6. The van der Waals surface area contributed by atoms with Crippen LogP contribution < -0.4 is 10.1 Å². The molecule has 0 saturated carbocycles. The van der Waals surface area contributed by atoms with Crippen molar-refractivity contribution in [2.24, 2.45) is 0 Å². The maximum atomic E-state index is 12.5. The van der Waals surface area contributed by atoms with Crippen LogP contribution in [0, 0.1) is 22.7 Å². The number of halogens is 2. The minimum atomic E-state index is -0.536. The molecule has 3 rings (SSSR count). The highest BCUT2D eigenvalue weighted by molar-refractivity contribution is 6.34. The molecule has 0 aliphatic heterocycles. The average molecular weight is 480 g/mol. The predicted octanol–water partition coefficient (Wildman–Crippen LogP) is 5.50. The number of esters is 1. The normalized spacial score (nSPS) is 9.97. The van der Waals surface area contributed by atoms with Crippen LogP contribution in [0.4, 0.5) is 5.69 Å². The van der Waals surface area contributed by atoms with E-state index in [9.17, 15) is 9.59 Å². The molecule has 0 bridgehead atoms. The van der Waals surface area contributed by atoms with Crippen molar-refractivity contribution in [2.45, 2.75) is 6.42 Å². The van der Waals surface area contributed by atoms with Crippen molar-refractivity contribution in [1.29, 1.82) is 10.5 Å². The van der Waals surface area contributed by atoms with Gasteiger partial charge in [0.15, 0.2) is 0 Å². The van der Waals surface area contributed by atoms with Gasteiger partial charge in [-0.05, 0) is 54.1 Å². The molecular weight excluding hydrogens is 465 g/mol. The van der Waals surface area contributed by atoms with Crippen LogP contribution in [0.3, 0.4) is 0 Å². The molecule has 3 aromatic carbocycles. The molecule has 0 aliphatic carbocycles. The van der Waals surface area contributed by atoms with E-state index in [1.165, 1.54) is 43.5 Å². The fourth-order valence-corrected chi connectivity index (χ4v) is 3.28. The molecule has 7 nitrogen and oxygen atoms in total. The van der Waals surface area contributed by atoms with Gasteiger partial charge >= 0.3 is 5.97 Å². The minimum Gasteiger partial charge on any atom is -0.465 e. The number of carbonyl (C=O) groups is 2. The van der Waals surface area contributed by atoms with Gasteiger partial charge in [-0.2, -0.15) is 10.5 Å². The predicted molar refractivity (Wildman–Crippen MR) is 123 cm³/mol. The summed E-state index contributed by atoms with van der Waals surface area (Å²) in [7, 11) is 1.26. The third-order valence-corrected chi connectivity index (χ3v) is 5.04. The van der Waals surface area contributed by atoms with Crippen molar-refractivity contribution in [1.82, 2.24) is 0 Å². The summed E-state index contributed by atoms with van der Waals surface area (Å²) in [5, 5.41) is 21.4. The minimum absolute atomic E-state index is 0.00963. The molecular formula is C24H15Cl2N3O4. The topological polar surface area (TPSA) is 112 Å². The van der Waals surface area contributed by atoms with Crippen LogP contribution in [-0.4, -0.2) is 19.0 Å². The third-order valence-electron chi connectivity index (χ3n) is 4.42. The Balaban J connectivity index is 1.75. The number of nitrogens with zero attached hydrogens (tertiary/aromatic N) is 2. The Kier molecular flexibility index (Phi) is 7.53. The van der Waals surface area contributed by atoms with Crippen molar-refractivity contribution >= 4 is 40.8 Å². The molecule has 0 saturated heterocycles. The molecule has 0 unspecified atom stereocenters. The maximum absolute atomic E-state index is 12.5. The zero-order chi connectivity index (χ0) is 24.0. The second kappa shape index (κ2) is 10.5. The highest BCUT2D eigenvalue weighted by Gasteiger charge is 2.13. The zero-order valence-corrected chi connectivity index (χ0v) is 18.7. The van der Waals surface area contributed by atoms with E-state index in [0.29, 0.717) is 16.3 Å². The summed E-state index contributed by atoms with van der Waals surface area (Å²) in [6.07, 6.45) is -0.00963. The molecule has 0 spiro atoms. The Bertz CT molecular complexity index is 1290. The van der Waals surface area contributed by atoms with Gasteiger partial charge in [0.25, 0.3) is 0 Å². The smallest absolute Gasteiger partial charge is 0.337 e. The fourth-order valence-electron chi connectivity index (χ4n) is 2.89. The van der Waals surface area contributed by atoms with E-state index in [4.69, 9.17) is 38.5 Å². The van der Waals surface area contributed by atoms with Gasteiger partial charge in [0.1, 0.15) is 11.5 Å². The van der Waals surface area contributed by atoms with E-state index >= 15 is 0 Å². The molecule has 0 heterocycles. The second-order valence-electron chi connectivity index (χ2n) is 6.75. The number of anilines is 1. The molecule has 0 atom stereocenters. The molecule has 33 heavy (non-hydrogen) atoms. The second-order valence-corrected chi connectivity index (χ2v) is 7.56. The number of nitrogens with one attached hydrogen (secondary N) is 1. The number of methoxy groups -OCH3 is 1. The lowest BCUT2D eigenvalue weighted by Gasteiger charge is -2.11. The van der Waals surface area contributed by atoms with Gasteiger partial charge in [-0.3, -0.25) is 4.79 Å². The van der Waals surface area contributed by atoms with Gasteiger partial charge in [0.2, 0.25) is 5.91 Å². The fraction of sp³-hybridized carbons (Fsp3) is 0.0833. The van der Waals surface area contributed by atoms with Gasteiger partial charge in [0.05, 0.1) is 58.1 Å². The molecule has 9 heteroatoms. The highest BCUT2D eigenvalue weighted by Crippen LogP contribution is 2.32. The van der Waals surface area contributed by atoms with Crippen LogP contribution in [0.1, 0.15) is 27.0 Å². The summed E-state index contributed by atoms with van der Waals surface area (Å²) in [5.74, 6) is -0.354. The van der Waals surface area contributed by atoms with E-state index in [0.717, 1.165) is 0 Å². The van der Waals surface area contributed by atoms with E-state index in [1.54, 1.807) is 18.2 Å². The Morgan fingerprint density at radius 3 is 2.24 bits per heavy atom. The van der Waals surface area contributed by atoms with Crippen molar-refractivity contribution in [2.75, 3.05) is 12.4 Å². The molecule has 3 aromatic rings. The van der Waals surface area contributed by atoms with Crippen LogP contribution in [0.15, 0.2) is 54.6 Å². The number of amides is 1. The van der Waals surface area contributed by atoms with Crippen LogP contribution in [0.2, 0.25) is 10.0 Å². The standard InChI is InChI=1S/C24H15Cl2N3O4/c1-32-24(31)17-3-5-21(20(26)11-17)29-23(30)10-14-2-4-19(25)22(9-14)33-18-7-15(12-27)6-16(8-18)13-28/h2-9,11H,10H2,1H3,(H,29,30). The lowest BCUT2D eigenvalue weighted by Crippen LogP contribution is -2.15. The molecule has 0 radical (unpaired) electrons. The number of ether oxygens (including phenoxy) is 2. The quantitative estimate of drug-likeness (QED) is 0.467. The monoisotopic (exact) mass is 479 g/mol. The number of hydrogen-bond acceptors (Lipinski definition) is 6. The van der Waals surface area contributed by atoms with E-state index < -0.39 is 5.97 Å². The summed E-state index contributed by atoms with van der Waals surface area (Å²) in [6.45, 7) is 0. The molecule has 1 N–H and O–H groups in total. The first-order chi connectivity index (χ1) is 15.8. The first kappa shape index (κ1) is 23.6. The average Bonchev–Trinajstić information content (AvgIpc) is 2.81. The number of benzene rings is 3. The molecule has 1 amide bonds. The number of carbonyl (C=O) groups excluding carboxylic acids is 2. The molecule has 0 aromatic heterocycles. The highest BCUT2D eigenvalue weighted by atomic mass is 35.5. The number of hydrogen-bond donors (Lipinski definition) is 1. The zero-order valence-electron chi connectivity index (χ0n) is 17.2. The van der Waals surface area contributed by atoms with Crippen LogP contribution >= 0.6 is 23.2 Å². The van der Waals surface area contributed by atoms with Gasteiger partial charge in [-0.1, -0.05) is 29.3 Å². The van der Waals surface area contributed by atoms with Gasteiger partial charge in [-0.25, -0.2) is 4.79 Å². The van der Waals surface area contributed by atoms with Crippen molar-refractivity contribution in [3.05, 3.63) is 86.9 Å². The van der Waals surface area contributed by atoms with E-state index in [2.05, 4.69) is 10.1 Å². The van der Waals surface area contributed by atoms with Crippen molar-refractivity contribution in [3.8, 4) is 23.6 Å². The third kappa shape index (κ3) is 6.02. The van der Waals surface area contributed by atoms with Gasteiger partial charge in [0, 0.05) is 0 Å². The van der Waals surface area contributed by atoms with E-state index in [-0.39, 0.29) is 45.5 Å². The number of nitriles is 2. The SMILES string of the molecule is COC(=O)c1ccc(NC(=O)Cc2ccc(Cl)c(Oc3cc(C#N)cc(C#N)c3)c2)c(Cl)c1. The first-order valence-corrected chi connectivity index (χ1v) is 10.2. The Morgan fingerprint density at radius 1 is 0.939 bits per heavy atom. The van der Waals surface area contributed by atoms with Gasteiger partial charge in [-0.15, -0.1) is 0 Å². The molecule has 0 fully saturated rings. The van der Waals surface area contributed by atoms with Crippen molar-refractivity contribution in [3.63, 3.8) is 0 Å². The summed E-state index contributed by atoms with van der Waals surface area (Å²) >= 11 is 12.4. The molecule has 0 aliphatic rings. The summed E-state index contributed by atoms with van der Waals surface area (Å²) in [4.78, 5) is 24.1. The first-order valence-electron chi connectivity index (χ1n) is 9.42. The maximum Gasteiger partial charge on any atom is 0.337 e.